The highest BCUT2D eigenvalue weighted by Crippen LogP contribution is 2.28. The van der Waals surface area contributed by atoms with E-state index in [1.807, 2.05) is 12.1 Å². The number of carbonyl (C=O) groups is 1. The van der Waals surface area contributed by atoms with Crippen LogP contribution >= 0.6 is 11.3 Å². The molecule has 0 unspecified atom stereocenters. The van der Waals surface area contributed by atoms with Gasteiger partial charge in [-0.25, -0.2) is 14.4 Å². The molecule has 4 rings (SSSR count). The van der Waals surface area contributed by atoms with Crippen LogP contribution in [0.2, 0.25) is 0 Å². The second kappa shape index (κ2) is 7.84. The second-order valence-electron chi connectivity index (χ2n) is 6.10. The van der Waals surface area contributed by atoms with Gasteiger partial charge in [0.05, 0.1) is 25.4 Å². The van der Waals surface area contributed by atoms with Crippen LogP contribution in [0.5, 0.6) is 11.5 Å². The van der Waals surface area contributed by atoms with Crippen LogP contribution in [0.1, 0.15) is 10.5 Å². The Kier molecular flexibility index (Phi) is 5.09. The highest BCUT2D eigenvalue weighted by atomic mass is 32.1. The van der Waals surface area contributed by atoms with E-state index < -0.39 is 5.82 Å². The van der Waals surface area contributed by atoms with Crippen molar-refractivity contribution in [2.75, 3.05) is 19.5 Å². The number of hydrogen-bond acceptors (Lipinski definition) is 6. The molecule has 0 fully saturated rings. The van der Waals surface area contributed by atoms with E-state index in [9.17, 15) is 9.18 Å². The molecular weight excluding hydrogens is 393 g/mol. The van der Waals surface area contributed by atoms with Gasteiger partial charge >= 0.3 is 0 Å². The molecule has 2 aromatic heterocycles. The highest BCUT2D eigenvalue weighted by molar-refractivity contribution is 7.14. The van der Waals surface area contributed by atoms with E-state index in [1.54, 1.807) is 36.8 Å². The minimum atomic E-state index is -0.472. The lowest BCUT2D eigenvalue weighted by Crippen LogP contribution is -2.13. The Morgan fingerprint density at radius 1 is 1.03 bits per heavy atom. The van der Waals surface area contributed by atoms with Crippen molar-refractivity contribution in [2.45, 2.75) is 0 Å². The maximum atomic E-state index is 13.9. The summed E-state index contributed by atoms with van der Waals surface area (Å²) in [6, 6.07) is 13.5. The number of halogens is 1. The molecule has 0 bridgehead atoms. The molecule has 0 aliphatic heterocycles. The molecule has 1 amide bonds. The molecule has 0 radical (unpaired) electrons. The summed E-state index contributed by atoms with van der Waals surface area (Å²) in [5.74, 6) is 0.0457. The maximum Gasteiger partial charge on any atom is 0.276 e. The number of amides is 1. The van der Waals surface area contributed by atoms with Crippen molar-refractivity contribution in [3.8, 4) is 22.8 Å². The molecule has 0 aliphatic rings. The second-order valence-corrected chi connectivity index (χ2v) is 6.95. The monoisotopic (exact) mass is 409 g/mol. The van der Waals surface area contributed by atoms with E-state index in [0.717, 1.165) is 11.1 Å². The summed E-state index contributed by atoms with van der Waals surface area (Å²) in [7, 11) is 3.00. The molecule has 4 aromatic rings. The van der Waals surface area contributed by atoms with Gasteiger partial charge in [-0.05, 0) is 42.5 Å². The number of thiazole rings is 1. The first-order chi connectivity index (χ1) is 14.1. The van der Waals surface area contributed by atoms with Gasteiger partial charge in [0.1, 0.15) is 11.4 Å². The Morgan fingerprint density at radius 3 is 2.66 bits per heavy atom. The van der Waals surface area contributed by atoms with Gasteiger partial charge in [-0.3, -0.25) is 10.1 Å². The topological polar surface area (TPSA) is 73.3 Å². The van der Waals surface area contributed by atoms with E-state index in [1.165, 1.54) is 30.6 Å². The molecule has 2 aromatic carbocycles. The molecule has 146 valence electrons. The van der Waals surface area contributed by atoms with Crippen LogP contribution in [0.15, 0.2) is 53.9 Å². The number of carbonyl (C=O) groups excluding carboxylic acids is 1. The van der Waals surface area contributed by atoms with Gasteiger partial charge in [0.2, 0.25) is 0 Å². The van der Waals surface area contributed by atoms with Gasteiger partial charge in [0.15, 0.2) is 16.7 Å². The molecule has 6 nitrogen and oxygen atoms in total. The Balaban J connectivity index is 1.53. The number of nitrogens with zero attached hydrogens (tertiary/aromatic N) is 2. The number of fused-ring (bicyclic) bond motifs is 1. The summed E-state index contributed by atoms with van der Waals surface area (Å²) in [5, 5.41) is 5.76. The van der Waals surface area contributed by atoms with Crippen LogP contribution in [-0.4, -0.2) is 30.1 Å². The SMILES string of the molecule is COc1ccc2nc(C(=O)Nc3nc(-c4ccc(OC)c(F)c4)cs3)ccc2c1. The smallest absolute Gasteiger partial charge is 0.276 e. The Morgan fingerprint density at radius 2 is 1.90 bits per heavy atom. The van der Waals surface area contributed by atoms with Gasteiger partial charge < -0.3 is 9.47 Å². The minimum Gasteiger partial charge on any atom is -0.497 e. The lowest BCUT2D eigenvalue weighted by molar-refractivity contribution is 0.102. The number of methoxy groups -OCH3 is 2. The first-order valence-electron chi connectivity index (χ1n) is 8.63. The number of hydrogen-bond donors (Lipinski definition) is 1. The average Bonchev–Trinajstić information content (AvgIpc) is 3.21. The number of nitrogens with one attached hydrogen (secondary N) is 1. The number of rotatable bonds is 5. The number of benzene rings is 2. The van der Waals surface area contributed by atoms with Crippen molar-refractivity contribution < 1.29 is 18.7 Å². The number of pyridine rings is 1. The number of aromatic nitrogens is 2. The zero-order valence-corrected chi connectivity index (χ0v) is 16.4. The highest BCUT2D eigenvalue weighted by Gasteiger charge is 2.13. The van der Waals surface area contributed by atoms with E-state index in [2.05, 4.69) is 15.3 Å². The summed E-state index contributed by atoms with van der Waals surface area (Å²) >= 11 is 1.25. The van der Waals surface area contributed by atoms with Crippen molar-refractivity contribution in [1.29, 1.82) is 0 Å². The molecule has 0 atom stereocenters. The molecular formula is C21H16FN3O3S. The lowest BCUT2D eigenvalue weighted by atomic mass is 10.1. The number of anilines is 1. The quantitative estimate of drug-likeness (QED) is 0.514. The molecule has 29 heavy (non-hydrogen) atoms. The molecule has 0 saturated heterocycles. The van der Waals surface area contributed by atoms with Crippen molar-refractivity contribution in [3.05, 3.63) is 65.4 Å². The maximum absolute atomic E-state index is 13.9. The van der Waals surface area contributed by atoms with Crippen LogP contribution in [0.4, 0.5) is 9.52 Å². The summed E-state index contributed by atoms with van der Waals surface area (Å²) in [4.78, 5) is 21.3. The van der Waals surface area contributed by atoms with Gasteiger partial charge in [0.25, 0.3) is 5.91 Å². The standard InChI is InChI=1S/C21H16FN3O3S/c1-27-14-5-7-16-12(9-14)3-6-17(23-16)20(26)25-21-24-18(11-29-21)13-4-8-19(28-2)15(22)10-13/h3-11H,1-2H3,(H,24,25,26). The normalized spacial score (nSPS) is 10.7. The first-order valence-corrected chi connectivity index (χ1v) is 9.51. The van der Waals surface area contributed by atoms with E-state index in [4.69, 9.17) is 9.47 Å². The molecule has 0 saturated carbocycles. The Labute approximate surface area is 170 Å². The summed E-state index contributed by atoms with van der Waals surface area (Å²) in [5.41, 5.74) is 2.12. The fraction of sp³-hybridized carbons (Fsp3) is 0.0952. The molecule has 0 aliphatic carbocycles. The van der Waals surface area contributed by atoms with Crippen LogP contribution in [0.25, 0.3) is 22.2 Å². The minimum absolute atomic E-state index is 0.164. The third-order valence-electron chi connectivity index (χ3n) is 4.30. The van der Waals surface area contributed by atoms with Gasteiger partial charge in [-0.2, -0.15) is 0 Å². The predicted octanol–water partition coefficient (Wildman–Crippen LogP) is 4.77. The summed E-state index contributed by atoms with van der Waals surface area (Å²) in [6.07, 6.45) is 0. The predicted molar refractivity (Wildman–Crippen MR) is 110 cm³/mol. The summed E-state index contributed by atoms with van der Waals surface area (Å²) < 4.78 is 24.0. The third-order valence-corrected chi connectivity index (χ3v) is 5.06. The first kappa shape index (κ1) is 18.8. The van der Waals surface area contributed by atoms with E-state index in [0.29, 0.717) is 21.9 Å². The van der Waals surface area contributed by atoms with E-state index in [-0.39, 0.29) is 17.4 Å². The van der Waals surface area contributed by atoms with Crippen molar-refractivity contribution >= 4 is 33.3 Å². The van der Waals surface area contributed by atoms with E-state index >= 15 is 0 Å². The molecule has 1 N–H and O–H groups in total. The van der Waals surface area contributed by atoms with Crippen LogP contribution in [0, 0.1) is 5.82 Å². The van der Waals surface area contributed by atoms with Crippen molar-refractivity contribution in [2.24, 2.45) is 0 Å². The fourth-order valence-corrected chi connectivity index (χ4v) is 3.52. The van der Waals surface area contributed by atoms with Crippen LogP contribution in [0.3, 0.4) is 0 Å². The van der Waals surface area contributed by atoms with Crippen molar-refractivity contribution in [1.82, 2.24) is 9.97 Å². The van der Waals surface area contributed by atoms with Crippen LogP contribution < -0.4 is 14.8 Å². The average molecular weight is 409 g/mol. The van der Waals surface area contributed by atoms with Crippen molar-refractivity contribution in [3.63, 3.8) is 0 Å². The largest absolute Gasteiger partial charge is 0.497 e. The molecule has 0 spiro atoms. The van der Waals surface area contributed by atoms with Crippen LogP contribution in [-0.2, 0) is 0 Å². The zero-order valence-electron chi connectivity index (χ0n) is 15.6. The molecule has 8 heteroatoms. The molecule has 2 heterocycles. The van der Waals surface area contributed by atoms with Gasteiger partial charge in [0, 0.05) is 16.3 Å². The zero-order chi connectivity index (χ0) is 20.4. The Bertz CT molecular complexity index is 1210. The van der Waals surface area contributed by atoms with Gasteiger partial charge in [-0.1, -0.05) is 6.07 Å². The summed E-state index contributed by atoms with van der Waals surface area (Å²) in [6.45, 7) is 0. The fourth-order valence-electron chi connectivity index (χ4n) is 2.81. The third kappa shape index (κ3) is 3.88. The Hall–Kier alpha value is -3.52. The number of ether oxygens (including phenoxy) is 2. The lowest BCUT2D eigenvalue weighted by Gasteiger charge is -2.05. The van der Waals surface area contributed by atoms with Gasteiger partial charge in [-0.15, -0.1) is 11.3 Å².